The van der Waals surface area contributed by atoms with E-state index in [-0.39, 0.29) is 0 Å². The molecule has 2 N–H and O–H groups in total. The van der Waals surface area contributed by atoms with Crippen molar-refractivity contribution in [3.05, 3.63) is 33.3 Å². The standard InChI is InChI=1S/C12H18BrClN2O/c1-17-7-6-15-4-5-16-9-10-2-3-12(14)11(13)8-10/h2-3,8,15-16H,4-7,9H2,1H3. The maximum absolute atomic E-state index is 5.92. The molecule has 17 heavy (non-hydrogen) atoms. The van der Waals surface area contributed by atoms with Crippen LogP contribution in [0, 0.1) is 0 Å². The van der Waals surface area contributed by atoms with Gasteiger partial charge in [0, 0.05) is 37.8 Å². The average Bonchev–Trinajstić information content (AvgIpc) is 2.32. The summed E-state index contributed by atoms with van der Waals surface area (Å²) in [6, 6.07) is 5.96. The van der Waals surface area contributed by atoms with Gasteiger partial charge in [-0.3, -0.25) is 0 Å². The van der Waals surface area contributed by atoms with E-state index in [9.17, 15) is 0 Å². The SMILES string of the molecule is COCCNCCNCc1ccc(Cl)c(Br)c1. The Morgan fingerprint density at radius 3 is 2.71 bits per heavy atom. The van der Waals surface area contributed by atoms with Gasteiger partial charge in [-0.15, -0.1) is 0 Å². The largest absolute Gasteiger partial charge is 0.383 e. The van der Waals surface area contributed by atoms with Crippen molar-refractivity contribution in [3.8, 4) is 0 Å². The van der Waals surface area contributed by atoms with Crippen molar-refractivity contribution in [2.24, 2.45) is 0 Å². The zero-order valence-corrected chi connectivity index (χ0v) is 12.3. The van der Waals surface area contributed by atoms with E-state index in [0.717, 1.165) is 42.3 Å². The Kier molecular flexibility index (Phi) is 7.81. The Morgan fingerprint density at radius 1 is 1.24 bits per heavy atom. The number of methoxy groups -OCH3 is 1. The molecule has 0 heterocycles. The van der Waals surface area contributed by atoms with E-state index in [1.54, 1.807) is 7.11 Å². The number of nitrogens with one attached hydrogen (secondary N) is 2. The van der Waals surface area contributed by atoms with Crippen LogP contribution in [0.1, 0.15) is 5.56 Å². The van der Waals surface area contributed by atoms with E-state index in [1.807, 2.05) is 18.2 Å². The fourth-order valence-electron chi connectivity index (χ4n) is 1.36. The van der Waals surface area contributed by atoms with E-state index >= 15 is 0 Å². The molecule has 1 rings (SSSR count). The summed E-state index contributed by atoms with van der Waals surface area (Å²) in [6.07, 6.45) is 0. The lowest BCUT2D eigenvalue weighted by atomic mass is 10.2. The fourth-order valence-corrected chi connectivity index (χ4v) is 1.90. The van der Waals surface area contributed by atoms with Crippen LogP contribution in [0.5, 0.6) is 0 Å². The molecule has 0 saturated carbocycles. The molecule has 0 spiro atoms. The number of rotatable bonds is 8. The Hall–Kier alpha value is -0.130. The van der Waals surface area contributed by atoms with Crippen molar-refractivity contribution < 1.29 is 4.74 Å². The first-order valence-electron chi connectivity index (χ1n) is 5.58. The monoisotopic (exact) mass is 320 g/mol. The molecule has 3 nitrogen and oxygen atoms in total. The lowest BCUT2D eigenvalue weighted by Gasteiger charge is -2.07. The normalized spacial score (nSPS) is 10.8. The van der Waals surface area contributed by atoms with Crippen molar-refractivity contribution in [1.29, 1.82) is 0 Å². The molecule has 0 atom stereocenters. The van der Waals surface area contributed by atoms with Crippen LogP contribution in [0.2, 0.25) is 5.02 Å². The second-order valence-electron chi connectivity index (χ2n) is 3.67. The number of hydrogen-bond acceptors (Lipinski definition) is 3. The van der Waals surface area contributed by atoms with Gasteiger partial charge in [0.25, 0.3) is 0 Å². The number of ether oxygens (including phenoxy) is 1. The highest BCUT2D eigenvalue weighted by molar-refractivity contribution is 9.10. The molecule has 0 unspecified atom stereocenters. The third kappa shape index (κ3) is 6.38. The Bertz CT molecular complexity index is 336. The zero-order chi connectivity index (χ0) is 12.5. The molecule has 0 aliphatic carbocycles. The second-order valence-corrected chi connectivity index (χ2v) is 4.93. The molecule has 5 heteroatoms. The van der Waals surface area contributed by atoms with Crippen LogP contribution in [-0.2, 0) is 11.3 Å². The van der Waals surface area contributed by atoms with E-state index in [0.29, 0.717) is 0 Å². The Morgan fingerprint density at radius 2 is 2.00 bits per heavy atom. The molecule has 0 amide bonds. The molecule has 0 fully saturated rings. The van der Waals surface area contributed by atoms with Gasteiger partial charge in [-0.2, -0.15) is 0 Å². The molecule has 1 aromatic carbocycles. The van der Waals surface area contributed by atoms with Gasteiger partial charge in [-0.25, -0.2) is 0 Å². The molecule has 0 aliphatic heterocycles. The molecule has 1 aromatic rings. The third-order valence-corrected chi connectivity index (χ3v) is 3.49. The van der Waals surface area contributed by atoms with Gasteiger partial charge >= 0.3 is 0 Å². The second kappa shape index (κ2) is 8.89. The summed E-state index contributed by atoms with van der Waals surface area (Å²) in [4.78, 5) is 0. The molecule has 0 bridgehead atoms. The first-order chi connectivity index (χ1) is 8.24. The summed E-state index contributed by atoms with van der Waals surface area (Å²) in [6.45, 7) is 4.37. The van der Waals surface area contributed by atoms with Crippen LogP contribution < -0.4 is 10.6 Å². The number of benzene rings is 1. The number of hydrogen-bond donors (Lipinski definition) is 2. The minimum absolute atomic E-state index is 0.745. The molecule has 0 aliphatic rings. The summed E-state index contributed by atoms with van der Waals surface area (Å²) >= 11 is 9.33. The van der Waals surface area contributed by atoms with Gasteiger partial charge in [0.1, 0.15) is 0 Å². The maximum atomic E-state index is 5.92. The summed E-state index contributed by atoms with van der Waals surface area (Å²) in [5, 5.41) is 7.38. The van der Waals surface area contributed by atoms with E-state index in [4.69, 9.17) is 16.3 Å². The van der Waals surface area contributed by atoms with Crippen molar-refractivity contribution in [3.63, 3.8) is 0 Å². The van der Waals surface area contributed by atoms with Crippen LogP contribution in [0.4, 0.5) is 0 Å². The van der Waals surface area contributed by atoms with Crippen LogP contribution in [0.25, 0.3) is 0 Å². The van der Waals surface area contributed by atoms with Gasteiger partial charge in [0.15, 0.2) is 0 Å². The highest BCUT2D eigenvalue weighted by Crippen LogP contribution is 2.22. The van der Waals surface area contributed by atoms with Gasteiger partial charge < -0.3 is 15.4 Å². The summed E-state index contributed by atoms with van der Waals surface area (Å²) in [7, 11) is 1.71. The minimum atomic E-state index is 0.745. The lowest BCUT2D eigenvalue weighted by Crippen LogP contribution is -2.29. The van der Waals surface area contributed by atoms with Crippen LogP contribution in [0.15, 0.2) is 22.7 Å². The van der Waals surface area contributed by atoms with Crippen LogP contribution >= 0.6 is 27.5 Å². The zero-order valence-electron chi connectivity index (χ0n) is 9.93. The van der Waals surface area contributed by atoms with Crippen molar-refractivity contribution in [2.75, 3.05) is 33.4 Å². The predicted octanol–water partition coefficient (Wildman–Crippen LogP) is 2.43. The summed E-state index contributed by atoms with van der Waals surface area (Å²) in [5.74, 6) is 0. The van der Waals surface area contributed by atoms with Crippen molar-refractivity contribution in [2.45, 2.75) is 6.54 Å². The van der Waals surface area contributed by atoms with Gasteiger partial charge in [-0.05, 0) is 33.6 Å². The lowest BCUT2D eigenvalue weighted by molar-refractivity contribution is 0.199. The smallest absolute Gasteiger partial charge is 0.0587 e. The maximum Gasteiger partial charge on any atom is 0.0587 e. The van der Waals surface area contributed by atoms with E-state index in [1.165, 1.54) is 5.56 Å². The van der Waals surface area contributed by atoms with Crippen LogP contribution in [0.3, 0.4) is 0 Å². The minimum Gasteiger partial charge on any atom is -0.383 e. The quantitative estimate of drug-likeness (QED) is 0.722. The highest BCUT2D eigenvalue weighted by Gasteiger charge is 1.98. The average molecular weight is 322 g/mol. The number of halogens is 2. The Balaban J connectivity index is 2.11. The molecule has 0 aromatic heterocycles. The van der Waals surface area contributed by atoms with Crippen molar-refractivity contribution >= 4 is 27.5 Å². The first-order valence-corrected chi connectivity index (χ1v) is 6.75. The summed E-state index contributed by atoms with van der Waals surface area (Å²) < 4.78 is 5.88. The molecular formula is C12H18BrClN2O. The van der Waals surface area contributed by atoms with Crippen molar-refractivity contribution in [1.82, 2.24) is 10.6 Å². The topological polar surface area (TPSA) is 33.3 Å². The highest BCUT2D eigenvalue weighted by atomic mass is 79.9. The van der Waals surface area contributed by atoms with Gasteiger partial charge in [-0.1, -0.05) is 17.7 Å². The van der Waals surface area contributed by atoms with Crippen LogP contribution in [-0.4, -0.2) is 33.4 Å². The summed E-state index contributed by atoms with van der Waals surface area (Å²) in [5.41, 5.74) is 1.22. The molecular weight excluding hydrogens is 304 g/mol. The van der Waals surface area contributed by atoms with Gasteiger partial charge in [0.2, 0.25) is 0 Å². The van der Waals surface area contributed by atoms with E-state index in [2.05, 4.69) is 26.6 Å². The predicted molar refractivity (Wildman–Crippen MR) is 75.6 cm³/mol. The molecule has 0 saturated heterocycles. The van der Waals surface area contributed by atoms with Gasteiger partial charge in [0.05, 0.1) is 11.6 Å². The molecule has 96 valence electrons. The molecule has 0 radical (unpaired) electrons. The van der Waals surface area contributed by atoms with E-state index < -0.39 is 0 Å². The third-order valence-electron chi connectivity index (χ3n) is 2.27. The Labute approximate surface area is 116 Å². The first kappa shape index (κ1) is 14.9. The fraction of sp³-hybridized carbons (Fsp3) is 0.500.